The third-order valence-corrected chi connectivity index (χ3v) is 2.60. The van der Waals surface area contributed by atoms with E-state index >= 15 is 0 Å². The summed E-state index contributed by atoms with van der Waals surface area (Å²) in [6, 6.07) is 0. The van der Waals surface area contributed by atoms with Crippen molar-refractivity contribution in [3.8, 4) is 0 Å². The minimum absolute atomic E-state index is 0.621. The Morgan fingerprint density at radius 3 is 2.31 bits per heavy atom. The Bertz CT molecular complexity index is 185. The summed E-state index contributed by atoms with van der Waals surface area (Å²) in [6.45, 7) is 10.8. The number of likely N-dealkylation sites (tertiary alicyclic amines) is 1. The fraction of sp³-hybridized carbons (Fsp3) is 0.667. The highest BCUT2D eigenvalue weighted by Gasteiger charge is 2.14. The lowest BCUT2D eigenvalue weighted by molar-refractivity contribution is 0.263. The van der Waals surface area contributed by atoms with Crippen LogP contribution in [0.25, 0.3) is 0 Å². The predicted molar refractivity (Wildman–Crippen MR) is 58.5 cm³/mol. The topological polar surface area (TPSA) is 3.24 Å². The molecule has 0 aromatic heterocycles. The van der Waals surface area contributed by atoms with Gasteiger partial charge in [0.25, 0.3) is 0 Å². The number of nitrogens with zero attached hydrogens (tertiary/aromatic N) is 1. The van der Waals surface area contributed by atoms with Crippen LogP contribution in [-0.2, 0) is 0 Å². The first-order chi connectivity index (χ1) is 6.25. The number of hydrogen-bond acceptors (Lipinski definition) is 1. The molecule has 0 radical (unpaired) electrons. The molecule has 0 amide bonds. The summed E-state index contributed by atoms with van der Waals surface area (Å²) in [6.07, 6.45) is 8.16. The van der Waals surface area contributed by atoms with Crippen molar-refractivity contribution >= 4 is 0 Å². The summed E-state index contributed by atoms with van der Waals surface area (Å²) >= 11 is 0. The highest BCUT2D eigenvalue weighted by molar-refractivity contribution is 5.12. The predicted octanol–water partition coefficient (Wildman–Crippen LogP) is 3.20. The molecule has 13 heavy (non-hydrogen) atoms. The fourth-order valence-corrected chi connectivity index (χ4v) is 1.94. The third-order valence-electron chi connectivity index (χ3n) is 2.60. The molecule has 1 rings (SSSR count). The molecule has 0 bridgehead atoms. The molecule has 0 aromatic carbocycles. The molecule has 1 heterocycles. The SMILES string of the molecule is C=C/C=C(\C(C)C)N1CCCCC1. The zero-order chi connectivity index (χ0) is 9.68. The monoisotopic (exact) mass is 179 g/mol. The van der Waals surface area contributed by atoms with Gasteiger partial charge >= 0.3 is 0 Å². The van der Waals surface area contributed by atoms with Crippen molar-refractivity contribution < 1.29 is 0 Å². The third kappa shape index (κ3) is 2.91. The Kier molecular flexibility index (Phi) is 4.07. The maximum absolute atomic E-state index is 3.77. The lowest BCUT2D eigenvalue weighted by Gasteiger charge is -2.33. The smallest absolute Gasteiger partial charge is 0.0175 e. The minimum Gasteiger partial charge on any atom is -0.375 e. The standard InChI is InChI=1S/C12H21N/c1-4-8-12(11(2)3)13-9-6-5-7-10-13/h4,8,11H,1,5-7,9-10H2,2-3H3/b12-8+. The quantitative estimate of drug-likeness (QED) is 0.601. The average Bonchev–Trinajstić information content (AvgIpc) is 2.15. The largest absolute Gasteiger partial charge is 0.375 e. The van der Waals surface area contributed by atoms with Gasteiger partial charge in [-0.25, -0.2) is 0 Å². The molecule has 0 atom stereocenters. The maximum atomic E-state index is 3.77. The van der Waals surface area contributed by atoms with E-state index in [1.165, 1.54) is 38.0 Å². The molecule has 1 saturated heterocycles. The van der Waals surface area contributed by atoms with Gasteiger partial charge in [0.15, 0.2) is 0 Å². The van der Waals surface area contributed by atoms with Gasteiger partial charge in [-0.1, -0.05) is 26.5 Å². The molecule has 1 fully saturated rings. The number of rotatable bonds is 3. The summed E-state index contributed by atoms with van der Waals surface area (Å²) in [5, 5.41) is 0. The van der Waals surface area contributed by atoms with E-state index in [2.05, 4.69) is 31.4 Å². The molecule has 1 aliphatic rings. The highest BCUT2D eigenvalue weighted by Crippen LogP contribution is 2.20. The van der Waals surface area contributed by atoms with E-state index in [9.17, 15) is 0 Å². The van der Waals surface area contributed by atoms with Crippen molar-refractivity contribution in [2.45, 2.75) is 33.1 Å². The van der Waals surface area contributed by atoms with E-state index < -0.39 is 0 Å². The van der Waals surface area contributed by atoms with Crippen molar-refractivity contribution in [1.29, 1.82) is 0 Å². The van der Waals surface area contributed by atoms with Gasteiger partial charge in [0.05, 0.1) is 0 Å². The second-order valence-corrected chi connectivity index (χ2v) is 4.03. The summed E-state index contributed by atoms with van der Waals surface area (Å²) in [5.41, 5.74) is 1.45. The lowest BCUT2D eigenvalue weighted by Crippen LogP contribution is -2.31. The van der Waals surface area contributed by atoms with Crippen LogP contribution >= 0.6 is 0 Å². The van der Waals surface area contributed by atoms with Crippen LogP contribution in [0.2, 0.25) is 0 Å². The number of piperidine rings is 1. The van der Waals surface area contributed by atoms with Crippen LogP contribution in [0.5, 0.6) is 0 Å². The van der Waals surface area contributed by atoms with Crippen LogP contribution in [0.3, 0.4) is 0 Å². The number of hydrogen-bond donors (Lipinski definition) is 0. The van der Waals surface area contributed by atoms with Crippen molar-refractivity contribution in [2.75, 3.05) is 13.1 Å². The van der Waals surface area contributed by atoms with E-state index in [4.69, 9.17) is 0 Å². The lowest BCUT2D eigenvalue weighted by atomic mass is 10.0. The van der Waals surface area contributed by atoms with Crippen LogP contribution in [0.1, 0.15) is 33.1 Å². The van der Waals surface area contributed by atoms with E-state index in [0.717, 1.165) is 0 Å². The summed E-state index contributed by atoms with van der Waals surface area (Å²) < 4.78 is 0. The molecule has 0 unspecified atom stereocenters. The van der Waals surface area contributed by atoms with Gasteiger partial charge in [-0.2, -0.15) is 0 Å². The molecule has 0 aromatic rings. The van der Waals surface area contributed by atoms with Crippen molar-refractivity contribution in [1.82, 2.24) is 4.90 Å². The Balaban J connectivity index is 2.62. The number of allylic oxidation sites excluding steroid dienone is 3. The molecule has 0 aliphatic carbocycles. The first kappa shape index (κ1) is 10.4. The Morgan fingerprint density at radius 2 is 1.85 bits per heavy atom. The van der Waals surface area contributed by atoms with Gasteiger partial charge in [0, 0.05) is 18.8 Å². The Labute approximate surface area is 82.1 Å². The summed E-state index contributed by atoms with van der Waals surface area (Å²) in [4.78, 5) is 2.51. The van der Waals surface area contributed by atoms with Gasteiger partial charge in [0.2, 0.25) is 0 Å². The molecule has 1 heteroatoms. The molecule has 1 aliphatic heterocycles. The van der Waals surface area contributed by atoms with Crippen LogP contribution in [-0.4, -0.2) is 18.0 Å². The van der Waals surface area contributed by atoms with Crippen LogP contribution in [0.15, 0.2) is 24.4 Å². The zero-order valence-electron chi connectivity index (χ0n) is 8.92. The Hall–Kier alpha value is -0.720. The van der Waals surface area contributed by atoms with Gasteiger partial charge in [-0.3, -0.25) is 0 Å². The first-order valence-corrected chi connectivity index (χ1v) is 5.33. The van der Waals surface area contributed by atoms with Crippen molar-refractivity contribution in [3.63, 3.8) is 0 Å². The zero-order valence-corrected chi connectivity index (χ0v) is 8.92. The molecule has 1 nitrogen and oxygen atoms in total. The van der Waals surface area contributed by atoms with Crippen LogP contribution in [0.4, 0.5) is 0 Å². The molecule has 0 saturated carbocycles. The molecule has 0 spiro atoms. The van der Waals surface area contributed by atoms with Crippen LogP contribution in [0, 0.1) is 5.92 Å². The molecular weight excluding hydrogens is 158 g/mol. The Morgan fingerprint density at radius 1 is 1.23 bits per heavy atom. The maximum Gasteiger partial charge on any atom is 0.0175 e. The fourth-order valence-electron chi connectivity index (χ4n) is 1.94. The molecular formula is C12H21N. The van der Waals surface area contributed by atoms with E-state index in [1.807, 2.05) is 6.08 Å². The van der Waals surface area contributed by atoms with Crippen molar-refractivity contribution in [3.05, 3.63) is 24.4 Å². The first-order valence-electron chi connectivity index (χ1n) is 5.33. The van der Waals surface area contributed by atoms with Gasteiger partial charge < -0.3 is 4.90 Å². The summed E-state index contributed by atoms with van der Waals surface area (Å²) in [5.74, 6) is 0.621. The highest BCUT2D eigenvalue weighted by atomic mass is 15.1. The van der Waals surface area contributed by atoms with Gasteiger partial charge in [0.1, 0.15) is 0 Å². The van der Waals surface area contributed by atoms with E-state index in [0.29, 0.717) is 5.92 Å². The van der Waals surface area contributed by atoms with Crippen LogP contribution < -0.4 is 0 Å². The average molecular weight is 179 g/mol. The molecule has 74 valence electrons. The van der Waals surface area contributed by atoms with Gasteiger partial charge in [-0.05, 0) is 31.3 Å². The second-order valence-electron chi connectivity index (χ2n) is 4.03. The van der Waals surface area contributed by atoms with Gasteiger partial charge in [-0.15, -0.1) is 0 Å². The second kappa shape index (κ2) is 5.11. The van der Waals surface area contributed by atoms with Crippen molar-refractivity contribution in [2.24, 2.45) is 5.92 Å². The minimum atomic E-state index is 0.621. The molecule has 0 N–H and O–H groups in total. The normalized spacial score (nSPS) is 19.3. The summed E-state index contributed by atoms with van der Waals surface area (Å²) in [7, 11) is 0. The van der Waals surface area contributed by atoms with E-state index in [-0.39, 0.29) is 0 Å². The van der Waals surface area contributed by atoms with E-state index in [1.54, 1.807) is 0 Å².